The zero-order valence-electron chi connectivity index (χ0n) is 13.9. The van der Waals surface area contributed by atoms with Gasteiger partial charge in [0.25, 0.3) is 0 Å². The largest absolute Gasteiger partial charge is 0.496 e. The molecule has 4 nitrogen and oxygen atoms in total. The lowest BCUT2D eigenvalue weighted by atomic mass is 10.1. The first-order chi connectivity index (χ1) is 11.6. The summed E-state index contributed by atoms with van der Waals surface area (Å²) < 4.78 is 29.1. The van der Waals surface area contributed by atoms with Crippen LogP contribution in [0.4, 0.5) is 4.39 Å². The van der Waals surface area contributed by atoms with Crippen LogP contribution >= 0.6 is 0 Å². The van der Waals surface area contributed by atoms with Crippen LogP contribution in [0.25, 0.3) is 0 Å². The average molecular weight is 332 g/mol. The van der Waals surface area contributed by atoms with Crippen LogP contribution in [0.2, 0.25) is 0 Å². The van der Waals surface area contributed by atoms with Gasteiger partial charge in [-0.05, 0) is 49.2 Å². The first-order valence-electron chi connectivity index (χ1n) is 7.82. The van der Waals surface area contributed by atoms with E-state index in [9.17, 15) is 9.18 Å². The Bertz CT molecular complexity index is 668. The minimum atomic E-state index is -0.330. The van der Waals surface area contributed by atoms with Gasteiger partial charge in [-0.15, -0.1) is 0 Å². The highest BCUT2D eigenvalue weighted by Crippen LogP contribution is 2.22. The molecule has 24 heavy (non-hydrogen) atoms. The molecule has 0 N–H and O–H groups in total. The monoisotopic (exact) mass is 332 g/mol. The molecule has 2 rings (SSSR count). The lowest BCUT2D eigenvalue weighted by Gasteiger charge is -2.11. The van der Waals surface area contributed by atoms with Crippen molar-refractivity contribution in [1.29, 1.82) is 0 Å². The summed E-state index contributed by atoms with van der Waals surface area (Å²) in [4.78, 5) is 11.3. The van der Waals surface area contributed by atoms with E-state index in [0.717, 1.165) is 5.56 Å². The Hall–Kier alpha value is -2.56. The van der Waals surface area contributed by atoms with E-state index in [2.05, 4.69) is 0 Å². The molecule has 0 unspecified atom stereocenters. The van der Waals surface area contributed by atoms with Crippen LogP contribution in [0, 0.1) is 5.82 Å². The zero-order valence-corrected chi connectivity index (χ0v) is 13.9. The van der Waals surface area contributed by atoms with Crippen LogP contribution in [0.1, 0.15) is 24.5 Å². The van der Waals surface area contributed by atoms with E-state index >= 15 is 0 Å². The van der Waals surface area contributed by atoms with Gasteiger partial charge in [0, 0.05) is 12.0 Å². The number of hydrogen-bond donors (Lipinski definition) is 0. The molecule has 0 heterocycles. The normalized spacial score (nSPS) is 10.3. The summed E-state index contributed by atoms with van der Waals surface area (Å²) in [5.41, 5.74) is 1.67. The van der Waals surface area contributed by atoms with Crippen molar-refractivity contribution in [3.8, 4) is 11.5 Å². The third-order valence-corrected chi connectivity index (χ3v) is 3.48. The third kappa shape index (κ3) is 5.26. The molecule has 0 atom stereocenters. The molecular weight excluding hydrogens is 311 g/mol. The maximum absolute atomic E-state index is 13.3. The Morgan fingerprint density at radius 2 is 1.88 bits per heavy atom. The predicted molar refractivity (Wildman–Crippen MR) is 88.7 cm³/mol. The quantitative estimate of drug-likeness (QED) is 0.688. The van der Waals surface area contributed by atoms with E-state index in [1.807, 2.05) is 24.3 Å². The Labute approximate surface area is 141 Å². The Morgan fingerprint density at radius 3 is 2.54 bits per heavy atom. The van der Waals surface area contributed by atoms with E-state index < -0.39 is 0 Å². The van der Waals surface area contributed by atoms with E-state index in [1.54, 1.807) is 13.0 Å². The van der Waals surface area contributed by atoms with Crippen LogP contribution in [0.3, 0.4) is 0 Å². The van der Waals surface area contributed by atoms with Gasteiger partial charge in [0.2, 0.25) is 0 Å². The molecule has 0 aromatic heterocycles. The van der Waals surface area contributed by atoms with Crippen LogP contribution < -0.4 is 9.47 Å². The van der Waals surface area contributed by atoms with Gasteiger partial charge < -0.3 is 14.2 Å². The van der Waals surface area contributed by atoms with Gasteiger partial charge >= 0.3 is 5.97 Å². The Morgan fingerprint density at radius 1 is 1.12 bits per heavy atom. The molecule has 0 saturated carbocycles. The average Bonchev–Trinajstić information content (AvgIpc) is 2.59. The summed E-state index contributed by atoms with van der Waals surface area (Å²) in [6, 6.07) is 11.8. The van der Waals surface area contributed by atoms with Gasteiger partial charge in [0.15, 0.2) is 0 Å². The summed E-state index contributed by atoms with van der Waals surface area (Å²) >= 11 is 0. The number of ether oxygens (including phenoxy) is 3. The highest BCUT2D eigenvalue weighted by Gasteiger charge is 2.06. The van der Waals surface area contributed by atoms with E-state index in [-0.39, 0.29) is 18.4 Å². The first kappa shape index (κ1) is 17.8. The van der Waals surface area contributed by atoms with Crippen LogP contribution in [-0.2, 0) is 22.6 Å². The molecule has 0 saturated heterocycles. The summed E-state index contributed by atoms with van der Waals surface area (Å²) in [7, 11) is 1.54. The van der Waals surface area contributed by atoms with Crippen LogP contribution in [0.15, 0.2) is 42.5 Å². The summed E-state index contributed by atoms with van der Waals surface area (Å²) in [5.74, 6) is 0.725. The smallest absolute Gasteiger partial charge is 0.306 e. The van der Waals surface area contributed by atoms with Gasteiger partial charge in [-0.25, -0.2) is 4.39 Å². The van der Waals surface area contributed by atoms with E-state index in [0.29, 0.717) is 36.5 Å². The number of rotatable bonds is 8. The van der Waals surface area contributed by atoms with Crippen LogP contribution in [0.5, 0.6) is 11.5 Å². The van der Waals surface area contributed by atoms with Crippen molar-refractivity contribution in [1.82, 2.24) is 0 Å². The second-order valence-corrected chi connectivity index (χ2v) is 5.19. The van der Waals surface area contributed by atoms with Crippen molar-refractivity contribution >= 4 is 5.97 Å². The number of carbonyl (C=O) groups excluding carboxylic acids is 1. The number of benzene rings is 2. The molecule has 0 amide bonds. The fraction of sp³-hybridized carbons (Fsp3) is 0.316. The third-order valence-electron chi connectivity index (χ3n) is 3.48. The summed E-state index contributed by atoms with van der Waals surface area (Å²) in [6.07, 6.45) is 0.978. The minimum Gasteiger partial charge on any atom is -0.496 e. The fourth-order valence-electron chi connectivity index (χ4n) is 2.25. The molecule has 0 radical (unpaired) electrons. The fourth-order valence-corrected chi connectivity index (χ4v) is 2.25. The second kappa shape index (κ2) is 8.91. The standard InChI is InChI=1S/C19H21FO4/c1-3-23-19(21)11-6-14-4-8-17(9-5-14)24-13-15-12-16(20)7-10-18(15)22-2/h4-5,7-10,12H,3,6,11,13H2,1-2H3. The van der Waals surface area contributed by atoms with Crippen LogP contribution in [-0.4, -0.2) is 19.7 Å². The first-order valence-corrected chi connectivity index (χ1v) is 7.82. The van der Waals surface area contributed by atoms with Crippen molar-refractivity contribution in [3.05, 3.63) is 59.4 Å². The summed E-state index contributed by atoms with van der Waals surface area (Å²) in [6.45, 7) is 2.40. The van der Waals surface area contributed by atoms with Crippen molar-refractivity contribution in [2.45, 2.75) is 26.4 Å². The van der Waals surface area contributed by atoms with Gasteiger partial charge in [-0.3, -0.25) is 4.79 Å². The highest BCUT2D eigenvalue weighted by molar-refractivity contribution is 5.69. The molecular formula is C19H21FO4. The topological polar surface area (TPSA) is 44.8 Å². The number of aryl methyl sites for hydroxylation is 1. The highest BCUT2D eigenvalue weighted by atomic mass is 19.1. The SMILES string of the molecule is CCOC(=O)CCc1ccc(OCc2cc(F)ccc2OC)cc1. The zero-order chi connectivity index (χ0) is 17.4. The number of carbonyl (C=O) groups is 1. The molecule has 0 aliphatic heterocycles. The maximum atomic E-state index is 13.3. The molecule has 0 fully saturated rings. The molecule has 5 heteroatoms. The van der Waals surface area contributed by atoms with Gasteiger partial charge in [-0.1, -0.05) is 12.1 Å². The maximum Gasteiger partial charge on any atom is 0.306 e. The predicted octanol–water partition coefficient (Wildman–Crippen LogP) is 3.91. The van der Waals surface area contributed by atoms with Crippen molar-refractivity contribution in [2.75, 3.05) is 13.7 Å². The molecule has 2 aromatic rings. The van der Waals surface area contributed by atoms with Gasteiger partial charge in [-0.2, -0.15) is 0 Å². The number of esters is 1. The molecule has 0 aliphatic rings. The molecule has 128 valence electrons. The molecule has 0 aliphatic carbocycles. The number of hydrogen-bond acceptors (Lipinski definition) is 4. The van der Waals surface area contributed by atoms with Gasteiger partial charge in [0.1, 0.15) is 23.9 Å². The van der Waals surface area contributed by atoms with Crippen molar-refractivity contribution < 1.29 is 23.4 Å². The number of methoxy groups -OCH3 is 1. The molecule has 0 bridgehead atoms. The molecule has 0 spiro atoms. The lowest BCUT2D eigenvalue weighted by Crippen LogP contribution is -2.05. The lowest BCUT2D eigenvalue weighted by molar-refractivity contribution is -0.143. The Kier molecular flexibility index (Phi) is 6.61. The second-order valence-electron chi connectivity index (χ2n) is 5.19. The van der Waals surface area contributed by atoms with Crippen molar-refractivity contribution in [2.24, 2.45) is 0 Å². The number of halogens is 1. The van der Waals surface area contributed by atoms with Gasteiger partial charge in [0.05, 0.1) is 13.7 Å². The Balaban J connectivity index is 1.90. The van der Waals surface area contributed by atoms with E-state index in [1.165, 1.54) is 19.2 Å². The van der Waals surface area contributed by atoms with E-state index in [4.69, 9.17) is 14.2 Å². The minimum absolute atomic E-state index is 0.198. The van der Waals surface area contributed by atoms with Crippen molar-refractivity contribution in [3.63, 3.8) is 0 Å². The summed E-state index contributed by atoms with van der Waals surface area (Å²) in [5, 5.41) is 0. The molecule has 2 aromatic carbocycles.